The van der Waals surface area contributed by atoms with Crippen molar-refractivity contribution < 1.29 is 8.81 Å². The van der Waals surface area contributed by atoms with Crippen LogP contribution in [-0.2, 0) is 0 Å². The molecule has 2 rings (SSSR count). The van der Waals surface area contributed by atoms with Crippen LogP contribution in [0.15, 0.2) is 27.6 Å². The molecule has 0 fully saturated rings. The SMILES string of the molecule is Cc1c(C(N=C=S)C(C)C)oc2ccc(F)cc12. The maximum atomic E-state index is 13.2. The molecule has 1 atom stereocenters. The molecule has 0 saturated carbocycles. The monoisotopic (exact) mass is 263 g/mol. The molecule has 0 aliphatic rings. The normalized spacial score (nSPS) is 12.7. The van der Waals surface area contributed by atoms with Gasteiger partial charge in [-0.3, -0.25) is 0 Å². The number of rotatable bonds is 3. The molecule has 1 unspecified atom stereocenters. The van der Waals surface area contributed by atoms with E-state index in [0.29, 0.717) is 5.58 Å². The summed E-state index contributed by atoms with van der Waals surface area (Å²) in [5.74, 6) is 0.713. The summed E-state index contributed by atoms with van der Waals surface area (Å²) < 4.78 is 19.0. The van der Waals surface area contributed by atoms with Gasteiger partial charge in [0, 0.05) is 10.9 Å². The van der Waals surface area contributed by atoms with E-state index in [4.69, 9.17) is 4.42 Å². The fourth-order valence-electron chi connectivity index (χ4n) is 2.06. The number of hydrogen-bond donors (Lipinski definition) is 0. The lowest BCUT2D eigenvalue weighted by atomic mass is 9.99. The zero-order valence-corrected chi connectivity index (χ0v) is 11.3. The molecule has 2 nitrogen and oxygen atoms in total. The van der Waals surface area contributed by atoms with Crippen molar-refractivity contribution in [1.82, 2.24) is 0 Å². The Morgan fingerprint density at radius 1 is 1.39 bits per heavy atom. The highest BCUT2D eigenvalue weighted by molar-refractivity contribution is 7.78. The van der Waals surface area contributed by atoms with E-state index >= 15 is 0 Å². The number of hydrogen-bond acceptors (Lipinski definition) is 3. The van der Waals surface area contributed by atoms with Crippen molar-refractivity contribution in [3.05, 3.63) is 35.3 Å². The predicted molar refractivity (Wildman–Crippen MR) is 73.5 cm³/mol. The van der Waals surface area contributed by atoms with Gasteiger partial charge in [-0.25, -0.2) is 9.38 Å². The van der Waals surface area contributed by atoms with Crippen LogP contribution in [0.25, 0.3) is 11.0 Å². The first kappa shape index (κ1) is 12.9. The lowest BCUT2D eigenvalue weighted by molar-refractivity contribution is 0.419. The molecule has 0 bridgehead atoms. The quantitative estimate of drug-likeness (QED) is 0.593. The Labute approximate surface area is 111 Å². The van der Waals surface area contributed by atoms with Crippen LogP contribution in [0.1, 0.15) is 31.2 Å². The first-order chi connectivity index (χ1) is 8.54. The topological polar surface area (TPSA) is 25.5 Å². The predicted octanol–water partition coefficient (Wildman–Crippen LogP) is 4.68. The van der Waals surface area contributed by atoms with Gasteiger partial charge in [0.1, 0.15) is 23.2 Å². The molecular weight excluding hydrogens is 249 g/mol. The van der Waals surface area contributed by atoms with Crippen LogP contribution in [-0.4, -0.2) is 5.16 Å². The van der Waals surface area contributed by atoms with Crippen LogP contribution < -0.4 is 0 Å². The summed E-state index contributed by atoms with van der Waals surface area (Å²) >= 11 is 4.67. The standard InChI is InChI=1S/C14H14FNOS/c1-8(2)13(16-7-18)14-9(3)11-6-10(15)4-5-12(11)17-14/h4-6,8,13H,1-3H3. The van der Waals surface area contributed by atoms with E-state index in [-0.39, 0.29) is 17.8 Å². The summed E-state index contributed by atoms with van der Waals surface area (Å²) in [4.78, 5) is 4.15. The van der Waals surface area contributed by atoms with E-state index in [0.717, 1.165) is 16.7 Å². The van der Waals surface area contributed by atoms with Crippen molar-refractivity contribution in [3.63, 3.8) is 0 Å². The number of fused-ring (bicyclic) bond motifs is 1. The van der Waals surface area contributed by atoms with E-state index in [1.807, 2.05) is 20.8 Å². The van der Waals surface area contributed by atoms with Gasteiger partial charge >= 0.3 is 0 Å². The fourth-order valence-corrected chi connectivity index (χ4v) is 2.17. The van der Waals surface area contributed by atoms with E-state index in [1.54, 1.807) is 6.07 Å². The van der Waals surface area contributed by atoms with Crippen molar-refractivity contribution in [2.24, 2.45) is 10.9 Å². The first-order valence-electron chi connectivity index (χ1n) is 5.80. The van der Waals surface area contributed by atoms with Crippen LogP contribution in [0.2, 0.25) is 0 Å². The molecule has 18 heavy (non-hydrogen) atoms. The van der Waals surface area contributed by atoms with Crippen molar-refractivity contribution in [3.8, 4) is 0 Å². The number of aliphatic imine (C=N–C) groups is 1. The number of halogens is 1. The molecule has 1 aromatic carbocycles. The minimum absolute atomic E-state index is 0.169. The zero-order chi connectivity index (χ0) is 13.3. The Morgan fingerprint density at radius 3 is 2.72 bits per heavy atom. The van der Waals surface area contributed by atoms with E-state index in [9.17, 15) is 4.39 Å². The van der Waals surface area contributed by atoms with Crippen molar-refractivity contribution in [2.45, 2.75) is 26.8 Å². The van der Waals surface area contributed by atoms with Gasteiger partial charge in [-0.2, -0.15) is 0 Å². The van der Waals surface area contributed by atoms with Crippen LogP contribution in [0, 0.1) is 18.7 Å². The zero-order valence-electron chi connectivity index (χ0n) is 10.5. The third-order valence-corrected chi connectivity index (χ3v) is 3.13. The second kappa shape index (κ2) is 5.01. The largest absolute Gasteiger partial charge is 0.458 e. The van der Waals surface area contributed by atoms with Gasteiger partial charge in [-0.05, 0) is 43.3 Å². The van der Waals surface area contributed by atoms with Gasteiger partial charge in [0.2, 0.25) is 0 Å². The average Bonchev–Trinajstić information content (AvgIpc) is 2.63. The third kappa shape index (κ3) is 2.22. The maximum Gasteiger partial charge on any atom is 0.134 e. The summed E-state index contributed by atoms with van der Waals surface area (Å²) in [7, 11) is 0. The van der Waals surface area contributed by atoms with Crippen LogP contribution in [0.3, 0.4) is 0 Å². The number of furan rings is 1. The fraction of sp³-hybridized carbons (Fsp3) is 0.357. The summed E-state index contributed by atoms with van der Waals surface area (Å²) in [5.41, 5.74) is 1.59. The van der Waals surface area contributed by atoms with E-state index < -0.39 is 0 Å². The Bertz CT molecular complexity index is 626. The van der Waals surface area contributed by atoms with E-state index in [2.05, 4.69) is 22.4 Å². The Morgan fingerprint density at radius 2 is 2.11 bits per heavy atom. The number of aryl methyl sites for hydroxylation is 1. The van der Waals surface area contributed by atoms with Gasteiger partial charge in [0.05, 0.1) is 5.16 Å². The average molecular weight is 263 g/mol. The molecule has 0 spiro atoms. The second-order valence-electron chi connectivity index (χ2n) is 4.64. The molecular formula is C14H14FNOS. The molecule has 0 amide bonds. The molecule has 4 heteroatoms. The molecule has 1 aromatic heterocycles. The van der Waals surface area contributed by atoms with Gasteiger partial charge < -0.3 is 4.42 Å². The molecule has 1 heterocycles. The molecule has 0 saturated heterocycles. The Balaban J connectivity index is 2.63. The summed E-state index contributed by atoms with van der Waals surface area (Å²) in [6.45, 7) is 5.98. The third-order valence-electron chi connectivity index (χ3n) is 3.03. The lowest BCUT2D eigenvalue weighted by Gasteiger charge is -2.12. The highest BCUT2D eigenvalue weighted by Crippen LogP contribution is 2.35. The van der Waals surface area contributed by atoms with Crippen LogP contribution >= 0.6 is 12.2 Å². The molecule has 2 aromatic rings. The minimum atomic E-state index is -0.266. The second-order valence-corrected chi connectivity index (χ2v) is 4.82. The van der Waals surface area contributed by atoms with Gasteiger partial charge in [0.25, 0.3) is 0 Å². The van der Waals surface area contributed by atoms with Gasteiger partial charge in [0.15, 0.2) is 0 Å². The highest BCUT2D eigenvalue weighted by atomic mass is 32.1. The Kier molecular flexibility index (Phi) is 3.60. The minimum Gasteiger partial charge on any atom is -0.458 e. The van der Waals surface area contributed by atoms with Crippen molar-refractivity contribution >= 4 is 28.3 Å². The summed E-state index contributed by atoms with van der Waals surface area (Å²) in [5, 5.41) is 3.19. The molecule has 0 N–H and O–H groups in total. The number of nitrogens with zero attached hydrogens (tertiary/aromatic N) is 1. The molecule has 0 aliphatic heterocycles. The maximum absolute atomic E-state index is 13.2. The van der Waals surface area contributed by atoms with Crippen molar-refractivity contribution in [1.29, 1.82) is 0 Å². The van der Waals surface area contributed by atoms with E-state index in [1.165, 1.54) is 12.1 Å². The van der Waals surface area contributed by atoms with Crippen LogP contribution in [0.4, 0.5) is 4.39 Å². The number of isothiocyanates is 1. The summed E-state index contributed by atoms with van der Waals surface area (Å²) in [6, 6.07) is 4.34. The molecule has 94 valence electrons. The van der Waals surface area contributed by atoms with Crippen molar-refractivity contribution in [2.75, 3.05) is 0 Å². The van der Waals surface area contributed by atoms with Gasteiger partial charge in [-0.1, -0.05) is 13.8 Å². The number of thiocarbonyl (C=S) groups is 1. The molecule has 0 radical (unpaired) electrons. The Hall–Kier alpha value is -1.51. The highest BCUT2D eigenvalue weighted by Gasteiger charge is 2.22. The lowest BCUT2D eigenvalue weighted by Crippen LogP contribution is -2.03. The molecule has 0 aliphatic carbocycles. The van der Waals surface area contributed by atoms with Crippen LogP contribution in [0.5, 0.6) is 0 Å². The first-order valence-corrected chi connectivity index (χ1v) is 6.21. The summed E-state index contributed by atoms with van der Waals surface area (Å²) in [6.07, 6.45) is 0. The number of benzene rings is 1. The smallest absolute Gasteiger partial charge is 0.134 e. The van der Waals surface area contributed by atoms with Gasteiger partial charge in [-0.15, -0.1) is 0 Å².